The van der Waals surface area contributed by atoms with Crippen LogP contribution in [-0.4, -0.2) is 42.9 Å². The molecule has 1 aliphatic heterocycles. The van der Waals surface area contributed by atoms with Crippen LogP contribution in [0.5, 0.6) is 11.5 Å². The zero-order valence-electron chi connectivity index (χ0n) is 12.6. The number of rotatable bonds is 5. The van der Waals surface area contributed by atoms with Crippen LogP contribution in [0, 0.1) is 5.92 Å². The maximum absolute atomic E-state index is 10.2. The number of para-hydroxylation sites is 1. The minimum absolute atomic E-state index is 0.266. The zero-order chi connectivity index (χ0) is 14.5. The summed E-state index contributed by atoms with van der Waals surface area (Å²) < 4.78 is 11.0. The van der Waals surface area contributed by atoms with Crippen LogP contribution in [0.1, 0.15) is 25.8 Å². The van der Waals surface area contributed by atoms with E-state index in [4.69, 9.17) is 9.47 Å². The molecule has 2 atom stereocenters. The van der Waals surface area contributed by atoms with Gasteiger partial charge in [-0.15, -0.1) is 0 Å². The number of benzene rings is 1. The van der Waals surface area contributed by atoms with Gasteiger partial charge in [-0.2, -0.15) is 0 Å². The second-order valence-corrected chi connectivity index (χ2v) is 5.47. The van der Waals surface area contributed by atoms with Crippen molar-refractivity contribution < 1.29 is 14.6 Å². The molecule has 1 aromatic rings. The van der Waals surface area contributed by atoms with Gasteiger partial charge < -0.3 is 14.6 Å². The Morgan fingerprint density at radius 2 is 2.20 bits per heavy atom. The van der Waals surface area contributed by atoms with Crippen molar-refractivity contribution in [3.05, 3.63) is 23.8 Å². The molecule has 112 valence electrons. The summed E-state index contributed by atoms with van der Waals surface area (Å²) in [5.74, 6) is 1.43. The molecule has 1 aliphatic rings. The Labute approximate surface area is 121 Å². The van der Waals surface area contributed by atoms with Crippen LogP contribution in [0.15, 0.2) is 18.2 Å². The molecule has 4 nitrogen and oxygen atoms in total. The Morgan fingerprint density at radius 1 is 1.40 bits per heavy atom. The summed E-state index contributed by atoms with van der Waals surface area (Å²) >= 11 is 0. The summed E-state index contributed by atoms with van der Waals surface area (Å²) in [6, 6.07) is 5.69. The van der Waals surface area contributed by atoms with Gasteiger partial charge in [-0.1, -0.05) is 19.1 Å². The minimum Gasteiger partial charge on any atom is -0.504 e. The average Bonchev–Trinajstić information content (AvgIpc) is 2.45. The summed E-state index contributed by atoms with van der Waals surface area (Å²) in [4.78, 5) is 2.33. The SMILES string of the molecule is CCOc1cccc(CN2CCC(C)C(OC)C2)c1O. The van der Waals surface area contributed by atoms with Gasteiger partial charge in [0, 0.05) is 25.8 Å². The van der Waals surface area contributed by atoms with Gasteiger partial charge >= 0.3 is 0 Å². The number of methoxy groups -OCH3 is 1. The molecule has 2 rings (SSSR count). The van der Waals surface area contributed by atoms with E-state index in [1.54, 1.807) is 13.2 Å². The van der Waals surface area contributed by atoms with Crippen LogP contribution in [0.25, 0.3) is 0 Å². The maximum atomic E-state index is 10.2. The minimum atomic E-state index is 0.266. The molecule has 20 heavy (non-hydrogen) atoms. The number of likely N-dealkylation sites (tertiary alicyclic amines) is 1. The highest BCUT2D eigenvalue weighted by Crippen LogP contribution is 2.31. The van der Waals surface area contributed by atoms with E-state index in [0.29, 0.717) is 18.3 Å². The molecule has 0 bridgehead atoms. The number of phenolic OH excluding ortho intramolecular Hbond substituents is 1. The largest absolute Gasteiger partial charge is 0.504 e. The van der Waals surface area contributed by atoms with Crippen molar-refractivity contribution >= 4 is 0 Å². The molecule has 1 heterocycles. The molecule has 0 amide bonds. The number of piperidine rings is 1. The van der Waals surface area contributed by atoms with Crippen molar-refractivity contribution in [3.8, 4) is 11.5 Å². The number of aromatic hydroxyl groups is 1. The molecule has 2 unspecified atom stereocenters. The van der Waals surface area contributed by atoms with E-state index in [1.807, 2.05) is 19.1 Å². The Hall–Kier alpha value is -1.26. The second kappa shape index (κ2) is 6.95. The molecule has 1 N–H and O–H groups in total. The van der Waals surface area contributed by atoms with Gasteiger partial charge in [-0.05, 0) is 31.9 Å². The van der Waals surface area contributed by atoms with Gasteiger partial charge in [-0.25, -0.2) is 0 Å². The molecular formula is C16H25NO3. The molecule has 0 spiro atoms. The van der Waals surface area contributed by atoms with Crippen LogP contribution in [-0.2, 0) is 11.3 Å². The van der Waals surface area contributed by atoms with Crippen molar-refractivity contribution in [3.63, 3.8) is 0 Å². The van der Waals surface area contributed by atoms with E-state index in [9.17, 15) is 5.11 Å². The molecule has 0 aliphatic carbocycles. The van der Waals surface area contributed by atoms with Crippen LogP contribution in [0.3, 0.4) is 0 Å². The fourth-order valence-corrected chi connectivity index (χ4v) is 2.76. The van der Waals surface area contributed by atoms with Crippen molar-refractivity contribution in [1.82, 2.24) is 4.90 Å². The first-order valence-corrected chi connectivity index (χ1v) is 7.34. The molecule has 4 heteroatoms. The molecule has 0 aromatic heterocycles. The lowest BCUT2D eigenvalue weighted by Gasteiger charge is -2.36. The van der Waals surface area contributed by atoms with E-state index in [1.165, 1.54) is 0 Å². The Morgan fingerprint density at radius 3 is 2.90 bits per heavy atom. The maximum Gasteiger partial charge on any atom is 0.162 e. The van der Waals surface area contributed by atoms with Crippen LogP contribution in [0.4, 0.5) is 0 Å². The smallest absolute Gasteiger partial charge is 0.162 e. The first-order chi connectivity index (χ1) is 9.65. The quantitative estimate of drug-likeness (QED) is 0.899. The number of phenols is 1. The van der Waals surface area contributed by atoms with Gasteiger partial charge in [0.2, 0.25) is 0 Å². The lowest BCUT2D eigenvalue weighted by molar-refractivity contribution is -0.00764. The van der Waals surface area contributed by atoms with Crippen molar-refractivity contribution in [1.29, 1.82) is 0 Å². The third kappa shape index (κ3) is 3.44. The lowest BCUT2D eigenvalue weighted by Crippen LogP contribution is -2.43. The summed E-state index contributed by atoms with van der Waals surface area (Å²) in [5, 5.41) is 10.2. The number of hydrogen-bond donors (Lipinski definition) is 1. The summed E-state index contributed by atoms with van der Waals surface area (Å²) in [6.45, 7) is 7.40. The average molecular weight is 279 g/mol. The van der Waals surface area contributed by atoms with Crippen molar-refractivity contribution in [2.45, 2.75) is 32.9 Å². The molecular weight excluding hydrogens is 254 g/mol. The Kier molecular flexibility index (Phi) is 5.26. The molecule has 1 fully saturated rings. The van der Waals surface area contributed by atoms with Gasteiger partial charge in [-0.3, -0.25) is 4.90 Å². The third-order valence-electron chi connectivity index (χ3n) is 4.05. The van der Waals surface area contributed by atoms with E-state index in [0.717, 1.165) is 31.6 Å². The molecule has 0 saturated carbocycles. The van der Waals surface area contributed by atoms with Gasteiger partial charge in [0.25, 0.3) is 0 Å². The van der Waals surface area contributed by atoms with Gasteiger partial charge in [0.05, 0.1) is 12.7 Å². The monoisotopic (exact) mass is 279 g/mol. The fourth-order valence-electron chi connectivity index (χ4n) is 2.76. The summed E-state index contributed by atoms with van der Waals surface area (Å²) in [5.41, 5.74) is 0.917. The predicted molar refractivity (Wildman–Crippen MR) is 79.1 cm³/mol. The molecule has 1 saturated heterocycles. The van der Waals surface area contributed by atoms with Crippen molar-refractivity contribution in [2.75, 3.05) is 26.8 Å². The van der Waals surface area contributed by atoms with E-state index in [2.05, 4.69) is 11.8 Å². The Bertz CT molecular complexity index is 436. The van der Waals surface area contributed by atoms with Gasteiger partial charge in [0.1, 0.15) is 0 Å². The highest BCUT2D eigenvalue weighted by atomic mass is 16.5. The standard InChI is InChI=1S/C16H25NO3/c1-4-20-14-7-5-6-13(16(14)18)10-17-9-8-12(2)15(11-17)19-3/h5-7,12,15,18H,4,8-11H2,1-3H3. The predicted octanol–water partition coefficient (Wildman–Crippen LogP) is 2.65. The summed E-state index contributed by atoms with van der Waals surface area (Å²) in [6.07, 6.45) is 1.41. The number of ether oxygens (including phenoxy) is 2. The Balaban J connectivity index is 2.05. The first-order valence-electron chi connectivity index (χ1n) is 7.34. The van der Waals surface area contributed by atoms with Gasteiger partial charge in [0.15, 0.2) is 11.5 Å². The third-order valence-corrected chi connectivity index (χ3v) is 4.05. The van der Waals surface area contributed by atoms with Crippen LogP contribution >= 0.6 is 0 Å². The fraction of sp³-hybridized carbons (Fsp3) is 0.625. The summed E-state index contributed by atoms with van der Waals surface area (Å²) in [7, 11) is 1.78. The molecule has 0 radical (unpaired) electrons. The van der Waals surface area contributed by atoms with E-state index >= 15 is 0 Å². The zero-order valence-corrected chi connectivity index (χ0v) is 12.6. The number of nitrogens with zero attached hydrogens (tertiary/aromatic N) is 1. The van der Waals surface area contributed by atoms with Crippen LogP contribution < -0.4 is 4.74 Å². The number of hydrogen-bond acceptors (Lipinski definition) is 4. The lowest BCUT2D eigenvalue weighted by atomic mass is 9.95. The molecule has 1 aromatic carbocycles. The highest BCUT2D eigenvalue weighted by Gasteiger charge is 2.26. The first kappa shape index (κ1) is 15.1. The topological polar surface area (TPSA) is 41.9 Å². The normalized spacial score (nSPS) is 23.8. The van der Waals surface area contributed by atoms with Crippen molar-refractivity contribution in [2.24, 2.45) is 5.92 Å². The second-order valence-electron chi connectivity index (χ2n) is 5.47. The van der Waals surface area contributed by atoms with Crippen LogP contribution in [0.2, 0.25) is 0 Å². The van der Waals surface area contributed by atoms with E-state index in [-0.39, 0.29) is 11.9 Å². The van der Waals surface area contributed by atoms with E-state index < -0.39 is 0 Å². The highest BCUT2D eigenvalue weighted by molar-refractivity contribution is 5.45.